The molecule has 0 N–H and O–H groups in total. The number of hydrogen-bond donors (Lipinski definition) is 0. The Labute approximate surface area is 151 Å². The molecule has 1 saturated heterocycles. The number of aromatic nitrogens is 4. The Bertz CT molecular complexity index is 894. The average molecular weight is 377 g/mol. The molecule has 0 bridgehead atoms. The number of hydrogen-bond acceptors (Lipinski definition) is 7. The summed E-state index contributed by atoms with van der Waals surface area (Å²) in [5, 5.41) is 15.5. The molecule has 1 aromatic carbocycles. The summed E-state index contributed by atoms with van der Waals surface area (Å²) in [7, 11) is 0. The average Bonchev–Trinajstić information content (AvgIpc) is 3.15. The Kier molecular flexibility index (Phi) is 4.48. The topological polar surface area (TPSA) is 77.2 Å². The van der Waals surface area contributed by atoms with Crippen LogP contribution in [0, 0.1) is 0 Å². The van der Waals surface area contributed by atoms with Crippen LogP contribution in [0.15, 0.2) is 47.2 Å². The van der Waals surface area contributed by atoms with Gasteiger partial charge in [0, 0.05) is 13.1 Å². The molecule has 0 unspecified atom stereocenters. The van der Waals surface area contributed by atoms with Crippen molar-refractivity contribution in [1.82, 2.24) is 20.4 Å². The molecular weight excluding hydrogens is 363 g/mol. The molecule has 1 fully saturated rings. The maximum atomic E-state index is 13.0. The van der Waals surface area contributed by atoms with Gasteiger partial charge < -0.3 is 14.1 Å². The van der Waals surface area contributed by atoms with Gasteiger partial charge in [-0.15, -0.1) is 20.4 Å². The lowest BCUT2D eigenvalue weighted by molar-refractivity contribution is -0.139. The van der Waals surface area contributed by atoms with Gasteiger partial charge in [-0.1, -0.05) is 18.2 Å². The van der Waals surface area contributed by atoms with Crippen molar-refractivity contribution in [1.29, 1.82) is 0 Å². The van der Waals surface area contributed by atoms with Gasteiger partial charge in [-0.3, -0.25) is 0 Å². The van der Waals surface area contributed by atoms with Crippen molar-refractivity contribution in [2.24, 2.45) is 0 Å². The van der Waals surface area contributed by atoms with Crippen molar-refractivity contribution in [3.63, 3.8) is 0 Å². The second kappa shape index (κ2) is 6.95. The van der Waals surface area contributed by atoms with E-state index in [-0.39, 0.29) is 24.2 Å². The van der Waals surface area contributed by atoms with E-state index in [1.165, 1.54) is 18.5 Å². The SMILES string of the molecule is FC(F)(F)c1ccccc1COC1CN(c2ccc(-c3nnco3)nn2)C1. The maximum absolute atomic E-state index is 13.0. The Hall–Kier alpha value is -3.01. The fourth-order valence-electron chi connectivity index (χ4n) is 2.75. The van der Waals surface area contributed by atoms with Crippen LogP contribution in [0.4, 0.5) is 19.0 Å². The standard InChI is InChI=1S/C17H14F3N5O2/c18-17(19,20)13-4-2-1-3-11(13)9-26-12-7-25(8-12)15-6-5-14(22-23-15)16-24-21-10-27-16/h1-6,10,12H,7-9H2. The molecule has 140 valence electrons. The summed E-state index contributed by atoms with van der Waals surface area (Å²) in [6, 6.07) is 8.91. The predicted octanol–water partition coefficient (Wildman–Crippen LogP) is 2.95. The number of ether oxygens (including phenoxy) is 1. The molecule has 0 amide bonds. The highest BCUT2D eigenvalue weighted by Gasteiger charge is 2.34. The third-order valence-corrected chi connectivity index (χ3v) is 4.20. The van der Waals surface area contributed by atoms with E-state index < -0.39 is 11.7 Å². The van der Waals surface area contributed by atoms with Crippen LogP contribution >= 0.6 is 0 Å². The molecule has 7 nitrogen and oxygen atoms in total. The lowest BCUT2D eigenvalue weighted by Gasteiger charge is -2.39. The summed E-state index contributed by atoms with van der Waals surface area (Å²) >= 11 is 0. The summed E-state index contributed by atoms with van der Waals surface area (Å²) < 4.78 is 49.6. The first kappa shape index (κ1) is 17.4. The molecule has 0 atom stereocenters. The molecule has 1 aliphatic heterocycles. The number of rotatable bonds is 5. The zero-order valence-electron chi connectivity index (χ0n) is 13.9. The minimum Gasteiger partial charge on any atom is -0.422 e. The fraction of sp³-hybridized carbons (Fsp3) is 0.294. The molecule has 0 spiro atoms. The second-order valence-electron chi connectivity index (χ2n) is 6.01. The van der Waals surface area contributed by atoms with Crippen LogP contribution in [0.1, 0.15) is 11.1 Å². The lowest BCUT2D eigenvalue weighted by Crippen LogP contribution is -2.52. The first-order chi connectivity index (χ1) is 13.0. The van der Waals surface area contributed by atoms with Gasteiger partial charge in [0.25, 0.3) is 5.89 Å². The molecule has 2 aromatic heterocycles. The van der Waals surface area contributed by atoms with E-state index in [1.54, 1.807) is 18.2 Å². The molecule has 3 aromatic rings. The minimum atomic E-state index is -4.39. The molecule has 10 heteroatoms. The molecular formula is C17H14F3N5O2. The molecule has 0 saturated carbocycles. The summed E-state index contributed by atoms with van der Waals surface area (Å²) in [5.74, 6) is 0.927. The molecule has 4 rings (SSSR count). The van der Waals surface area contributed by atoms with Crippen molar-refractivity contribution < 1.29 is 22.3 Å². The Morgan fingerprint density at radius 1 is 1.07 bits per heavy atom. The number of halogens is 3. The van der Waals surface area contributed by atoms with Crippen LogP contribution < -0.4 is 4.90 Å². The second-order valence-corrected chi connectivity index (χ2v) is 6.01. The molecule has 0 radical (unpaired) electrons. The third kappa shape index (κ3) is 3.75. The van der Waals surface area contributed by atoms with Crippen LogP contribution in [-0.4, -0.2) is 39.6 Å². The predicted molar refractivity (Wildman–Crippen MR) is 87.6 cm³/mol. The van der Waals surface area contributed by atoms with E-state index in [4.69, 9.17) is 9.15 Å². The molecule has 0 aliphatic carbocycles. The molecule has 1 aliphatic rings. The van der Waals surface area contributed by atoms with Gasteiger partial charge in [0.1, 0.15) is 5.69 Å². The van der Waals surface area contributed by atoms with E-state index >= 15 is 0 Å². The fourth-order valence-corrected chi connectivity index (χ4v) is 2.75. The summed E-state index contributed by atoms with van der Waals surface area (Å²) in [6.45, 7) is 0.974. The first-order valence-corrected chi connectivity index (χ1v) is 8.12. The lowest BCUT2D eigenvalue weighted by atomic mass is 10.1. The van der Waals surface area contributed by atoms with E-state index in [1.807, 2.05) is 4.90 Å². The van der Waals surface area contributed by atoms with Gasteiger partial charge in [-0.25, -0.2) is 0 Å². The van der Waals surface area contributed by atoms with Crippen molar-refractivity contribution >= 4 is 5.82 Å². The van der Waals surface area contributed by atoms with Gasteiger partial charge in [-0.05, 0) is 23.8 Å². The highest BCUT2D eigenvalue weighted by atomic mass is 19.4. The Morgan fingerprint density at radius 3 is 2.56 bits per heavy atom. The van der Waals surface area contributed by atoms with E-state index in [0.29, 0.717) is 24.6 Å². The van der Waals surface area contributed by atoms with Gasteiger partial charge in [0.05, 0.1) is 18.3 Å². The van der Waals surface area contributed by atoms with E-state index in [0.717, 1.165) is 6.07 Å². The van der Waals surface area contributed by atoms with Crippen LogP contribution in [0.25, 0.3) is 11.6 Å². The van der Waals surface area contributed by atoms with Gasteiger partial charge in [0.15, 0.2) is 5.82 Å². The van der Waals surface area contributed by atoms with Crippen LogP contribution in [0.5, 0.6) is 0 Å². The van der Waals surface area contributed by atoms with Crippen LogP contribution in [0.2, 0.25) is 0 Å². The third-order valence-electron chi connectivity index (χ3n) is 4.20. The highest BCUT2D eigenvalue weighted by molar-refractivity contribution is 5.50. The van der Waals surface area contributed by atoms with E-state index in [2.05, 4.69) is 20.4 Å². The number of benzene rings is 1. The summed E-state index contributed by atoms with van der Waals surface area (Å²) in [6.07, 6.45) is -3.34. The minimum absolute atomic E-state index is 0.0873. The number of nitrogens with zero attached hydrogens (tertiary/aromatic N) is 5. The normalized spacial score (nSPS) is 15.0. The zero-order chi connectivity index (χ0) is 18.9. The smallest absolute Gasteiger partial charge is 0.416 e. The summed E-state index contributed by atoms with van der Waals surface area (Å²) in [5.41, 5.74) is -0.0656. The Balaban J connectivity index is 1.32. The maximum Gasteiger partial charge on any atom is 0.416 e. The van der Waals surface area contributed by atoms with Gasteiger partial charge >= 0.3 is 6.18 Å². The van der Waals surface area contributed by atoms with Crippen molar-refractivity contribution in [3.05, 3.63) is 53.9 Å². The van der Waals surface area contributed by atoms with Crippen molar-refractivity contribution in [2.45, 2.75) is 18.9 Å². The van der Waals surface area contributed by atoms with Gasteiger partial charge in [-0.2, -0.15) is 13.2 Å². The highest BCUT2D eigenvalue weighted by Crippen LogP contribution is 2.32. The van der Waals surface area contributed by atoms with E-state index in [9.17, 15) is 13.2 Å². The largest absolute Gasteiger partial charge is 0.422 e. The molecule has 27 heavy (non-hydrogen) atoms. The van der Waals surface area contributed by atoms with Crippen molar-refractivity contribution in [2.75, 3.05) is 18.0 Å². The Morgan fingerprint density at radius 2 is 1.89 bits per heavy atom. The van der Waals surface area contributed by atoms with Crippen molar-refractivity contribution in [3.8, 4) is 11.6 Å². The van der Waals surface area contributed by atoms with Crippen LogP contribution in [0.3, 0.4) is 0 Å². The first-order valence-electron chi connectivity index (χ1n) is 8.12. The number of anilines is 1. The zero-order valence-corrected chi connectivity index (χ0v) is 13.9. The quantitative estimate of drug-likeness (QED) is 0.676. The monoisotopic (exact) mass is 377 g/mol. The molecule has 3 heterocycles. The summed E-state index contributed by atoms with van der Waals surface area (Å²) in [4.78, 5) is 1.92. The van der Waals surface area contributed by atoms with Crippen LogP contribution in [-0.2, 0) is 17.5 Å². The number of alkyl halides is 3. The van der Waals surface area contributed by atoms with Gasteiger partial charge in [0.2, 0.25) is 6.39 Å².